The third kappa shape index (κ3) is 3.38. The molecule has 1 aliphatic heterocycles. The highest BCUT2D eigenvalue weighted by Gasteiger charge is 2.26. The lowest BCUT2D eigenvalue weighted by molar-refractivity contribution is -0.140. The molecule has 1 aromatic carbocycles. The normalized spacial score (nSPS) is 18.8. The van der Waals surface area contributed by atoms with Gasteiger partial charge in [0.05, 0.1) is 0 Å². The number of aryl methyl sites for hydroxylation is 2. The minimum absolute atomic E-state index is 0.160. The van der Waals surface area contributed by atoms with Crippen LogP contribution in [-0.2, 0) is 4.79 Å². The van der Waals surface area contributed by atoms with Crippen LogP contribution in [-0.4, -0.2) is 55.0 Å². The molecular weight excluding hydrogens is 252 g/mol. The first-order valence-electron chi connectivity index (χ1n) is 7.19. The lowest BCUT2D eigenvalue weighted by atomic mass is 10.1. The van der Waals surface area contributed by atoms with Gasteiger partial charge in [-0.25, -0.2) is 4.79 Å². The molecule has 1 unspecified atom stereocenters. The molecule has 1 aromatic rings. The fraction of sp³-hybridized carbons (Fsp3) is 0.562. The molecule has 4 heteroatoms. The monoisotopic (exact) mass is 276 g/mol. The highest BCUT2D eigenvalue weighted by molar-refractivity contribution is 5.78. The number of carbonyl (C=O) groups excluding carboxylic acids is 1. The molecule has 0 aromatic heterocycles. The average molecular weight is 276 g/mol. The van der Waals surface area contributed by atoms with Gasteiger partial charge in [-0.15, -0.1) is 0 Å². The van der Waals surface area contributed by atoms with Gasteiger partial charge in [-0.1, -0.05) is 18.2 Å². The van der Waals surface area contributed by atoms with Crippen LogP contribution in [0.2, 0.25) is 0 Å². The number of nitrogens with zero attached hydrogens (tertiary/aromatic N) is 2. The fourth-order valence-electron chi connectivity index (χ4n) is 2.50. The van der Waals surface area contributed by atoms with Gasteiger partial charge in [0.2, 0.25) is 0 Å². The molecule has 0 bridgehead atoms. The number of piperazine rings is 1. The van der Waals surface area contributed by atoms with Crippen molar-refractivity contribution in [3.63, 3.8) is 0 Å². The van der Waals surface area contributed by atoms with E-state index in [2.05, 4.69) is 16.8 Å². The molecule has 0 N–H and O–H groups in total. The molecular formula is C16H24N2O2. The largest absolute Gasteiger partial charge is 0.425 e. The molecule has 1 saturated heterocycles. The summed E-state index contributed by atoms with van der Waals surface area (Å²) in [6.07, 6.45) is 0. The van der Waals surface area contributed by atoms with E-state index in [1.807, 2.05) is 39.0 Å². The Morgan fingerprint density at radius 2 is 1.70 bits per heavy atom. The summed E-state index contributed by atoms with van der Waals surface area (Å²) >= 11 is 0. The van der Waals surface area contributed by atoms with E-state index in [9.17, 15) is 4.79 Å². The Morgan fingerprint density at radius 1 is 1.15 bits per heavy atom. The van der Waals surface area contributed by atoms with Crippen molar-refractivity contribution < 1.29 is 9.53 Å². The van der Waals surface area contributed by atoms with Gasteiger partial charge in [0, 0.05) is 26.2 Å². The summed E-state index contributed by atoms with van der Waals surface area (Å²) in [7, 11) is 2.11. The Kier molecular flexibility index (Phi) is 4.78. The number of esters is 1. The maximum atomic E-state index is 12.3. The molecule has 0 saturated carbocycles. The molecule has 0 amide bonds. The topological polar surface area (TPSA) is 32.8 Å². The number of rotatable bonds is 3. The molecule has 110 valence electrons. The van der Waals surface area contributed by atoms with Crippen molar-refractivity contribution in [2.75, 3.05) is 33.2 Å². The molecule has 0 radical (unpaired) electrons. The van der Waals surface area contributed by atoms with Crippen LogP contribution in [0, 0.1) is 13.8 Å². The lowest BCUT2D eigenvalue weighted by Crippen LogP contribution is -2.51. The van der Waals surface area contributed by atoms with Gasteiger partial charge in [0.15, 0.2) is 0 Å². The Balaban J connectivity index is 2.01. The highest BCUT2D eigenvalue weighted by Crippen LogP contribution is 2.23. The van der Waals surface area contributed by atoms with Crippen LogP contribution >= 0.6 is 0 Å². The van der Waals surface area contributed by atoms with E-state index in [1.54, 1.807) is 0 Å². The molecule has 1 heterocycles. The van der Waals surface area contributed by atoms with Crippen molar-refractivity contribution in [2.24, 2.45) is 0 Å². The molecule has 1 aliphatic rings. The number of hydrogen-bond donors (Lipinski definition) is 0. The lowest BCUT2D eigenvalue weighted by Gasteiger charge is -2.35. The van der Waals surface area contributed by atoms with Gasteiger partial charge in [0.25, 0.3) is 0 Å². The Morgan fingerprint density at radius 3 is 2.25 bits per heavy atom. The number of benzene rings is 1. The van der Waals surface area contributed by atoms with Gasteiger partial charge in [-0.2, -0.15) is 0 Å². The standard InChI is InChI=1S/C16H24N2O2/c1-12-6-5-7-13(2)15(12)20-16(19)14(3)18-10-8-17(4)9-11-18/h5-7,14H,8-11H2,1-4H3. The second kappa shape index (κ2) is 6.37. The van der Waals surface area contributed by atoms with Crippen LogP contribution in [0.4, 0.5) is 0 Å². The SMILES string of the molecule is Cc1cccc(C)c1OC(=O)C(C)N1CCN(C)CC1. The summed E-state index contributed by atoms with van der Waals surface area (Å²) in [5.41, 5.74) is 2.01. The predicted molar refractivity (Wildman–Crippen MR) is 80.1 cm³/mol. The van der Waals surface area contributed by atoms with E-state index in [0.29, 0.717) is 5.75 Å². The molecule has 1 atom stereocenters. The number of ether oxygens (including phenoxy) is 1. The minimum Gasteiger partial charge on any atom is -0.425 e. The van der Waals surface area contributed by atoms with Crippen LogP contribution < -0.4 is 4.74 Å². The maximum absolute atomic E-state index is 12.3. The van der Waals surface area contributed by atoms with Crippen molar-refractivity contribution in [2.45, 2.75) is 26.8 Å². The molecule has 4 nitrogen and oxygen atoms in total. The zero-order valence-corrected chi connectivity index (χ0v) is 12.8. The van der Waals surface area contributed by atoms with E-state index in [-0.39, 0.29) is 12.0 Å². The number of carbonyl (C=O) groups is 1. The third-order valence-corrected chi connectivity index (χ3v) is 4.04. The first kappa shape index (κ1) is 15.0. The quantitative estimate of drug-likeness (QED) is 0.623. The molecule has 0 spiro atoms. The Hall–Kier alpha value is -1.39. The van der Waals surface area contributed by atoms with Crippen molar-refractivity contribution in [1.29, 1.82) is 0 Å². The predicted octanol–water partition coefficient (Wildman–Crippen LogP) is 1.84. The van der Waals surface area contributed by atoms with Crippen LogP contribution in [0.25, 0.3) is 0 Å². The number of para-hydroxylation sites is 1. The summed E-state index contributed by atoms with van der Waals surface area (Å²) in [5.74, 6) is 0.547. The second-order valence-corrected chi connectivity index (χ2v) is 5.66. The highest BCUT2D eigenvalue weighted by atomic mass is 16.5. The Labute approximate surface area is 121 Å². The van der Waals surface area contributed by atoms with Gasteiger partial charge in [-0.3, -0.25) is 4.90 Å². The zero-order chi connectivity index (χ0) is 14.7. The molecule has 2 rings (SSSR count). The summed E-state index contributed by atoms with van der Waals surface area (Å²) < 4.78 is 5.62. The summed E-state index contributed by atoms with van der Waals surface area (Å²) in [5, 5.41) is 0. The first-order valence-corrected chi connectivity index (χ1v) is 7.19. The average Bonchev–Trinajstić information content (AvgIpc) is 2.43. The second-order valence-electron chi connectivity index (χ2n) is 5.66. The van der Waals surface area contributed by atoms with E-state index in [1.165, 1.54) is 0 Å². The van der Waals surface area contributed by atoms with E-state index < -0.39 is 0 Å². The van der Waals surface area contributed by atoms with Crippen molar-refractivity contribution >= 4 is 5.97 Å². The molecule has 0 aliphatic carbocycles. The first-order chi connectivity index (χ1) is 9.49. The van der Waals surface area contributed by atoms with E-state index >= 15 is 0 Å². The smallest absolute Gasteiger partial charge is 0.328 e. The fourth-order valence-corrected chi connectivity index (χ4v) is 2.50. The molecule has 20 heavy (non-hydrogen) atoms. The minimum atomic E-state index is -0.192. The van der Waals surface area contributed by atoms with Crippen LogP contribution in [0.3, 0.4) is 0 Å². The molecule has 1 fully saturated rings. The van der Waals surface area contributed by atoms with Gasteiger partial charge in [-0.05, 0) is 38.9 Å². The van der Waals surface area contributed by atoms with Gasteiger partial charge < -0.3 is 9.64 Å². The maximum Gasteiger partial charge on any atom is 0.328 e. The summed E-state index contributed by atoms with van der Waals surface area (Å²) in [6.45, 7) is 9.70. The van der Waals surface area contributed by atoms with Gasteiger partial charge in [0.1, 0.15) is 11.8 Å². The van der Waals surface area contributed by atoms with Crippen LogP contribution in [0.15, 0.2) is 18.2 Å². The van der Waals surface area contributed by atoms with Crippen LogP contribution in [0.1, 0.15) is 18.1 Å². The van der Waals surface area contributed by atoms with E-state index in [4.69, 9.17) is 4.74 Å². The summed E-state index contributed by atoms with van der Waals surface area (Å²) in [4.78, 5) is 16.8. The zero-order valence-electron chi connectivity index (χ0n) is 12.8. The van der Waals surface area contributed by atoms with Crippen molar-refractivity contribution in [3.05, 3.63) is 29.3 Å². The Bertz CT molecular complexity index is 459. The summed E-state index contributed by atoms with van der Waals surface area (Å²) in [6, 6.07) is 5.72. The third-order valence-electron chi connectivity index (χ3n) is 4.04. The van der Waals surface area contributed by atoms with Crippen molar-refractivity contribution in [3.8, 4) is 5.75 Å². The number of likely N-dealkylation sites (N-methyl/N-ethyl adjacent to an activating group) is 1. The van der Waals surface area contributed by atoms with Crippen LogP contribution in [0.5, 0.6) is 5.75 Å². The van der Waals surface area contributed by atoms with Crippen molar-refractivity contribution in [1.82, 2.24) is 9.80 Å². The van der Waals surface area contributed by atoms with E-state index in [0.717, 1.165) is 37.3 Å². The van der Waals surface area contributed by atoms with Gasteiger partial charge >= 0.3 is 5.97 Å². The number of hydrogen-bond acceptors (Lipinski definition) is 4.